The summed E-state index contributed by atoms with van der Waals surface area (Å²) in [5.74, 6) is -4.69. The number of aromatic carboxylic acids is 3. The van der Waals surface area contributed by atoms with Gasteiger partial charge in [-0.05, 0) is 253 Å². The minimum absolute atomic E-state index is 0. The Balaban J connectivity index is 0. The van der Waals surface area contributed by atoms with Crippen LogP contribution in [0.3, 0.4) is 0 Å². The first-order chi connectivity index (χ1) is 23.9. The van der Waals surface area contributed by atoms with Crippen molar-refractivity contribution in [3.8, 4) is 0 Å². The first-order valence-electron chi connectivity index (χ1n) is 13.5. The van der Waals surface area contributed by atoms with Crippen LogP contribution >= 0.6 is 265 Å². The van der Waals surface area contributed by atoms with E-state index in [1.807, 2.05) is 6.92 Å². The van der Waals surface area contributed by atoms with Crippen molar-refractivity contribution in [3.63, 3.8) is 0 Å². The topological polar surface area (TPSA) is 164 Å². The van der Waals surface area contributed by atoms with E-state index >= 15 is 0 Å². The zero-order valence-electron chi connectivity index (χ0n) is 27.7. The van der Waals surface area contributed by atoms with Crippen LogP contribution in [0.1, 0.15) is 78.3 Å². The smallest absolute Gasteiger partial charge is 0.337 e. The summed E-state index contributed by atoms with van der Waals surface area (Å²) in [5.41, 5.74) is 6.40. The van der Waals surface area contributed by atoms with Gasteiger partial charge in [-0.15, -0.1) is 24.0 Å². The van der Waals surface area contributed by atoms with Crippen LogP contribution in [-0.4, -0.2) is 45.2 Å². The zero-order valence-corrected chi connectivity index (χ0v) is 53.7. The molecule has 0 aromatic heterocycles. The Kier molecular flexibility index (Phi) is 31.5. The van der Waals surface area contributed by atoms with Gasteiger partial charge in [0.25, 0.3) is 0 Å². The van der Waals surface area contributed by atoms with Gasteiger partial charge in [0.1, 0.15) is 13.2 Å². The van der Waals surface area contributed by atoms with Crippen LogP contribution in [0.5, 0.6) is 0 Å². The van der Waals surface area contributed by atoms with E-state index in [-0.39, 0.29) is 76.5 Å². The number of hydrogen-bond donors (Lipinski definition) is 3. The number of carboxylic acid groups (broad SMARTS) is 3. The number of carbonyl (C=O) groups is 5. The third-order valence-corrected chi connectivity index (χ3v) is 18.8. The van der Waals surface area contributed by atoms with E-state index in [0.717, 1.165) is 27.4 Å². The molecule has 53 heavy (non-hydrogen) atoms. The van der Waals surface area contributed by atoms with Gasteiger partial charge >= 0.3 is 29.8 Å². The van der Waals surface area contributed by atoms with Gasteiger partial charge in [-0.1, -0.05) is 0 Å². The molecule has 0 fully saturated rings. The maximum absolute atomic E-state index is 11.1. The molecule has 3 aromatic carbocycles. The molecular formula is C31H26I12O10. The molecule has 0 spiro atoms. The van der Waals surface area contributed by atoms with Crippen LogP contribution < -0.4 is 0 Å². The molecule has 22 heteroatoms. The Hall–Kier alpha value is 3.77. The maximum atomic E-state index is 11.1. The molecule has 0 unspecified atom stereocenters. The highest BCUT2D eigenvalue weighted by Crippen LogP contribution is 2.34. The zero-order chi connectivity index (χ0) is 41.1. The Bertz CT molecular complexity index is 1650. The Morgan fingerprint density at radius 1 is 0.434 bits per heavy atom. The molecule has 0 heterocycles. The number of halogens is 12. The molecule has 0 atom stereocenters. The van der Waals surface area contributed by atoms with Crippen LogP contribution in [0.25, 0.3) is 0 Å². The van der Waals surface area contributed by atoms with Crippen molar-refractivity contribution in [2.24, 2.45) is 0 Å². The Morgan fingerprint density at radius 3 is 0.830 bits per heavy atom. The predicted molar refractivity (Wildman–Crippen MR) is 308 cm³/mol. The highest BCUT2D eigenvalue weighted by molar-refractivity contribution is 15.0. The maximum Gasteiger partial charge on any atom is 0.337 e. The lowest BCUT2D eigenvalue weighted by Gasteiger charge is -2.17. The number of esters is 2. The van der Waals surface area contributed by atoms with E-state index < -0.39 is 17.9 Å². The fourth-order valence-corrected chi connectivity index (χ4v) is 15.4. The fraction of sp³-hybridized carbons (Fsp3) is 0.258. The second-order valence-electron chi connectivity index (χ2n) is 9.88. The molecule has 294 valence electrons. The van der Waals surface area contributed by atoms with Gasteiger partial charge < -0.3 is 24.8 Å². The van der Waals surface area contributed by atoms with E-state index in [4.69, 9.17) is 24.8 Å². The van der Waals surface area contributed by atoms with Gasteiger partial charge in [-0.25, -0.2) is 14.4 Å². The summed E-state index contributed by atoms with van der Waals surface area (Å²) in [6.45, 7) is 11.8. The summed E-state index contributed by atoms with van der Waals surface area (Å²) in [6.07, 6.45) is 0. The molecule has 0 bridgehead atoms. The molecule has 3 aromatic rings. The van der Waals surface area contributed by atoms with E-state index in [9.17, 15) is 24.0 Å². The molecule has 0 amide bonds. The third-order valence-electron chi connectivity index (χ3n) is 6.49. The van der Waals surface area contributed by atoms with Crippen LogP contribution in [0.2, 0.25) is 0 Å². The molecule has 0 radical (unpaired) electrons. The van der Waals surface area contributed by atoms with Crippen LogP contribution in [-0.2, 0) is 32.3 Å². The van der Waals surface area contributed by atoms with Crippen molar-refractivity contribution in [3.05, 3.63) is 82.2 Å². The normalized spacial score (nSPS) is 9.83. The largest absolute Gasteiger partial charge is 0.478 e. The van der Waals surface area contributed by atoms with Gasteiger partial charge in [0, 0.05) is 94.3 Å². The first-order valence-corrected chi connectivity index (χ1v) is 29.5. The average molecular weight is 2080 g/mol. The van der Waals surface area contributed by atoms with Gasteiger partial charge in [0.15, 0.2) is 0 Å². The molecule has 0 aliphatic rings. The van der Waals surface area contributed by atoms with Crippen molar-refractivity contribution in [2.75, 3.05) is 0 Å². The summed E-state index contributed by atoms with van der Waals surface area (Å²) in [4.78, 5) is 55.3. The van der Waals surface area contributed by atoms with E-state index in [1.165, 1.54) is 41.2 Å². The fourth-order valence-electron chi connectivity index (χ4n) is 3.89. The number of benzene rings is 3. The molecule has 0 aliphatic heterocycles. The summed E-state index contributed by atoms with van der Waals surface area (Å²) in [7, 11) is 0. The summed E-state index contributed by atoms with van der Waals surface area (Å²) in [5, 5.41) is 27.2. The van der Waals surface area contributed by atoms with Gasteiger partial charge in [0.2, 0.25) is 0 Å². The van der Waals surface area contributed by atoms with Crippen molar-refractivity contribution < 1.29 is 48.8 Å². The lowest BCUT2D eigenvalue weighted by atomic mass is 10.1. The molecule has 0 aliphatic carbocycles. The first kappa shape index (κ1) is 58.9. The van der Waals surface area contributed by atoms with Gasteiger partial charge in [-0.2, -0.15) is 0 Å². The second kappa shape index (κ2) is 28.4. The SMILES string of the molecule is CC(=O)OCc1c(I)c(C)c(I)c(COC(C)=O)c1I.Cc1c(I)c(C)c(I)c(C)c1I.I.II.O=C(O)c1c(I)c(C(=O)O)c(I)c(C(=O)O)c1I. The number of hydrogen-bond acceptors (Lipinski definition) is 7. The Labute approximate surface area is 470 Å². The minimum Gasteiger partial charge on any atom is -0.478 e. The summed E-state index contributed by atoms with van der Waals surface area (Å²) < 4.78 is 17.6. The number of carbonyl (C=O) groups excluding carboxylic acids is 2. The molecule has 10 nitrogen and oxygen atoms in total. The van der Waals surface area contributed by atoms with Crippen LogP contribution in [0.15, 0.2) is 0 Å². The number of rotatable bonds is 7. The highest BCUT2D eigenvalue weighted by Gasteiger charge is 2.30. The quantitative estimate of drug-likeness (QED) is 0.153. The molecule has 0 saturated carbocycles. The number of ether oxygens (including phenoxy) is 2. The molecule has 0 saturated heterocycles. The van der Waals surface area contributed by atoms with Gasteiger partial charge in [-0.3, -0.25) is 9.59 Å². The average Bonchev–Trinajstić information content (AvgIpc) is 3.05. The predicted octanol–water partition coefficient (Wildman–Crippen LogP) is 13.3. The van der Waals surface area contributed by atoms with Crippen LogP contribution in [0, 0.1) is 59.8 Å². The van der Waals surface area contributed by atoms with Gasteiger partial charge in [0.05, 0.1) is 16.7 Å². The Morgan fingerprint density at radius 2 is 0.642 bits per heavy atom. The summed E-state index contributed by atoms with van der Waals surface area (Å²) in [6, 6.07) is 0. The van der Waals surface area contributed by atoms with Crippen LogP contribution in [0.4, 0.5) is 0 Å². The van der Waals surface area contributed by atoms with Crippen molar-refractivity contribution in [1.29, 1.82) is 0 Å². The highest BCUT2D eigenvalue weighted by atomic mass is 128. The summed E-state index contributed by atoms with van der Waals surface area (Å²) >= 11 is 23.0. The second-order valence-corrected chi connectivity index (χ2v) is 19.6. The van der Waals surface area contributed by atoms with Crippen molar-refractivity contribution >= 4 is 294 Å². The monoisotopic (exact) mass is 2080 g/mol. The minimum atomic E-state index is -1.36. The number of carboxylic acids is 3. The molecule has 3 rings (SSSR count). The lowest BCUT2D eigenvalue weighted by Crippen LogP contribution is -2.17. The van der Waals surface area contributed by atoms with E-state index in [1.54, 1.807) is 67.8 Å². The molecular weight excluding hydrogens is 2060 g/mol. The third kappa shape index (κ3) is 16.9. The van der Waals surface area contributed by atoms with Crippen molar-refractivity contribution in [1.82, 2.24) is 0 Å². The standard InChI is InChI=1S/C13H13I3O4.C9H3I3O6.C9H9I3.I2.HI/c1-6-11(14)9(4-19-7(2)17)13(16)10(12(6)15)5-20-8(3)18;10-4-1(7(13)14)5(11)3(9(17)18)6(12)2(4)8(15)16;1-4-7(10)5(2)9(12)6(3)8(4)11;1-2;/h4-5H2,1-3H3;(H,13,14)(H,15,16)(H,17,18);1-3H3;;1H. The van der Waals surface area contributed by atoms with Crippen molar-refractivity contribution in [2.45, 2.75) is 54.8 Å². The molecule has 3 N–H and O–H groups in total. The lowest BCUT2D eigenvalue weighted by molar-refractivity contribution is -0.143. The van der Waals surface area contributed by atoms with E-state index in [2.05, 4.69) is 194 Å². The van der Waals surface area contributed by atoms with E-state index in [0.29, 0.717) is 0 Å².